The fraction of sp³-hybridized carbons (Fsp3) is 0.250. The number of H-pyrrole nitrogens is 1. The molecule has 0 bridgehead atoms. The van der Waals surface area contributed by atoms with E-state index in [4.69, 9.17) is 11.6 Å². The maximum absolute atomic E-state index is 12.8. The lowest BCUT2D eigenvalue weighted by Gasteiger charge is -2.20. The highest BCUT2D eigenvalue weighted by Gasteiger charge is 2.22. The lowest BCUT2D eigenvalue weighted by atomic mass is 10.1. The van der Waals surface area contributed by atoms with E-state index in [1.54, 1.807) is 12.1 Å². The molecule has 122 valence electrons. The second-order valence-electron chi connectivity index (χ2n) is 6.43. The second-order valence-corrected chi connectivity index (χ2v) is 6.87. The molecule has 24 heavy (non-hydrogen) atoms. The van der Waals surface area contributed by atoms with Crippen LogP contribution >= 0.6 is 11.6 Å². The molecule has 0 radical (unpaired) electrons. The predicted octanol–water partition coefficient (Wildman–Crippen LogP) is 4.37. The van der Waals surface area contributed by atoms with Gasteiger partial charge in [0.05, 0.1) is 0 Å². The van der Waals surface area contributed by atoms with Crippen LogP contribution in [-0.4, -0.2) is 28.9 Å². The number of amides is 1. The quantitative estimate of drug-likeness (QED) is 0.702. The van der Waals surface area contributed by atoms with E-state index < -0.39 is 0 Å². The lowest BCUT2D eigenvalue weighted by molar-refractivity contribution is 0.0763. The van der Waals surface area contributed by atoms with Gasteiger partial charge in [-0.15, -0.1) is 0 Å². The van der Waals surface area contributed by atoms with Crippen molar-refractivity contribution in [3.8, 4) is 0 Å². The first-order chi connectivity index (χ1) is 11.6. The van der Waals surface area contributed by atoms with Gasteiger partial charge in [-0.1, -0.05) is 29.3 Å². The van der Waals surface area contributed by atoms with E-state index in [0.29, 0.717) is 10.6 Å². The van der Waals surface area contributed by atoms with Crippen LogP contribution in [0.25, 0.3) is 10.9 Å². The molecule has 4 heteroatoms. The van der Waals surface area contributed by atoms with Crippen LogP contribution in [-0.2, 0) is 12.8 Å². The number of aryl methyl sites for hydroxylation is 1. The second kappa shape index (κ2) is 5.99. The summed E-state index contributed by atoms with van der Waals surface area (Å²) in [4.78, 5) is 18.2. The molecule has 2 aromatic carbocycles. The lowest BCUT2D eigenvalue weighted by Crippen LogP contribution is -2.33. The monoisotopic (exact) mass is 338 g/mol. The number of nitrogens with zero attached hydrogens (tertiary/aromatic N) is 1. The maximum Gasteiger partial charge on any atom is 0.253 e. The Kier molecular flexibility index (Phi) is 3.81. The zero-order valence-corrected chi connectivity index (χ0v) is 14.4. The Morgan fingerprint density at radius 1 is 1.12 bits per heavy atom. The number of halogens is 1. The molecule has 0 spiro atoms. The van der Waals surface area contributed by atoms with Gasteiger partial charge in [-0.05, 0) is 49.2 Å². The van der Waals surface area contributed by atoms with Gasteiger partial charge in [-0.2, -0.15) is 0 Å². The molecular formula is C20H19ClN2O. The normalized spacial score (nSPS) is 14.5. The largest absolute Gasteiger partial charge is 0.358 e. The van der Waals surface area contributed by atoms with Crippen LogP contribution in [0.1, 0.15) is 27.2 Å². The molecule has 0 atom stereocenters. The number of fused-ring (bicyclic) bond motifs is 3. The van der Waals surface area contributed by atoms with E-state index >= 15 is 0 Å². The standard InChI is InChI=1S/C20H19ClN2O/c1-13-5-6-18-17(11-13)16-7-9-23(10-8-19(16)22-18)20(24)14-3-2-4-15(21)12-14/h2-6,11-12,22H,7-10H2,1H3. The third-order valence-electron chi connectivity index (χ3n) is 4.77. The van der Waals surface area contributed by atoms with Crippen LogP contribution in [0.15, 0.2) is 42.5 Å². The smallest absolute Gasteiger partial charge is 0.253 e. The van der Waals surface area contributed by atoms with Crippen molar-refractivity contribution in [3.05, 3.63) is 69.9 Å². The molecule has 0 aliphatic carbocycles. The molecule has 0 unspecified atom stereocenters. The zero-order chi connectivity index (χ0) is 16.7. The average Bonchev–Trinajstić information content (AvgIpc) is 2.78. The Labute approximate surface area is 146 Å². The molecule has 3 nitrogen and oxygen atoms in total. The van der Waals surface area contributed by atoms with Gasteiger partial charge in [-0.25, -0.2) is 0 Å². The van der Waals surface area contributed by atoms with E-state index in [-0.39, 0.29) is 5.91 Å². The van der Waals surface area contributed by atoms with E-state index in [9.17, 15) is 4.79 Å². The van der Waals surface area contributed by atoms with Gasteiger partial charge in [0, 0.05) is 46.7 Å². The fourth-order valence-corrected chi connectivity index (χ4v) is 3.72. The number of benzene rings is 2. The minimum Gasteiger partial charge on any atom is -0.358 e. The Bertz CT molecular complexity index is 929. The minimum atomic E-state index is 0.0585. The van der Waals surface area contributed by atoms with E-state index in [0.717, 1.165) is 25.9 Å². The molecule has 1 aliphatic rings. The Morgan fingerprint density at radius 2 is 1.96 bits per heavy atom. The molecule has 1 aliphatic heterocycles. The van der Waals surface area contributed by atoms with Crippen molar-refractivity contribution in [2.24, 2.45) is 0 Å². The molecule has 1 amide bonds. The van der Waals surface area contributed by atoms with Gasteiger partial charge in [0.1, 0.15) is 0 Å². The van der Waals surface area contributed by atoms with Crippen LogP contribution in [0.2, 0.25) is 5.02 Å². The number of hydrogen-bond donors (Lipinski definition) is 1. The summed E-state index contributed by atoms with van der Waals surface area (Å²) in [6.45, 7) is 3.58. The highest BCUT2D eigenvalue weighted by molar-refractivity contribution is 6.30. The maximum atomic E-state index is 12.8. The van der Waals surface area contributed by atoms with Crippen LogP contribution in [0.5, 0.6) is 0 Å². The zero-order valence-electron chi connectivity index (χ0n) is 13.6. The average molecular weight is 339 g/mol. The van der Waals surface area contributed by atoms with Gasteiger partial charge in [-0.3, -0.25) is 4.79 Å². The number of carbonyl (C=O) groups excluding carboxylic acids is 1. The summed E-state index contributed by atoms with van der Waals surface area (Å²) in [5.74, 6) is 0.0585. The van der Waals surface area contributed by atoms with E-state index in [1.165, 1.54) is 27.7 Å². The fourth-order valence-electron chi connectivity index (χ4n) is 3.53. The number of nitrogens with one attached hydrogen (secondary N) is 1. The van der Waals surface area contributed by atoms with Crippen molar-refractivity contribution in [1.82, 2.24) is 9.88 Å². The summed E-state index contributed by atoms with van der Waals surface area (Å²) < 4.78 is 0. The molecule has 0 fully saturated rings. The number of hydrogen-bond acceptors (Lipinski definition) is 1. The topological polar surface area (TPSA) is 36.1 Å². The Hall–Kier alpha value is -2.26. The Balaban J connectivity index is 1.61. The number of carbonyl (C=O) groups is 1. The number of aromatic amines is 1. The minimum absolute atomic E-state index is 0.0585. The molecule has 0 saturated heterocycles. The van der Waals surface area contributed by atoms with Crippen molar-refractivity contribution in [3.63, 3.8) is 0 Å². The summed E-state index contributed by atoms with van der Waals surface area (Å²) in [5, 5.41) is 1.89. The Morgan fingerprint density at radius 3 is 2.79 bits per heavy atom. The van der Waals surface area contributed by atoms with Crippen molar-refractivity contribution in [2.45, 2.75) is 19.8 Å². The van der Waals surface area contributed by atoms with Gasteiger partial charge < -0.3 is 9.88 Å². The first kappa shape index (κ1) is 15.3. The molecule has 1 N–H and O–H groups in total. The van der Waals surface area contributed by atoms with E-state index in [1.807, 2.05) is 17.0 Å². The number of rotatable bonds is 1. The van der Waals surface area contributed by atoms with Crippen molar-refractivity contribution in [2.75, 3.05) is 13.1 Å². The summed E-state index contributed by atoms with van der Waals surface area (Å²) in [5.41, 5.74) is 5.74. The van der Waals surface area contributed by atoms with E-state index in [2.05, 4.69) is 30.1 Å². The summed E-state index contributed by atoms with van der Waals surface area (Å²) in [6, 6.07) is 13.7. The van der Waals surface area contributed by atoms with Crippen LogP contribution in [0, 0.1) is 6.92 Å². The molecule has 3 aromatic rings. The molecule has 2 heterocycles. The molecule has 1 aromatic heterocycles. The van der Waals surface area contributed by atoms with Crippen molar-refractivity contribution >= 4 is 28.4 Å². The van der Waals surface area contributed by atoms with Crippen LogP contribution in [0.3, 0.4) is 0 Å². The van der Waals surface area contributed by atoms with Crippen molar-refractivity contribution in [1.29, 1.82) is 0 Å². The van der Waals surface area contributed by atoms with Gasteiger partial charge in [0.2, 0.25) is 0 Å². The van der Waals surface area contributed by atoms with Gasteiger partial charge >= 0.3 is 0 Å². The summed E-state index contributed by atoms with van der Waals surface area (Å²) >= 11 is 6.02. The molecule has 4 rings (SSSR count). The predicted molar refractivity (Wildman–Crippen MR) is 97.8 cm³/mol. The third-order valence-corrected chi connectivity index (χ3v) is 5.01. The van der Waals surface area contributed by atoms with Crippen LogP contribution < -0.4 is 0 Å². The van der Waals surface area contributed by atoms with Crippen LogP contribution in [0.4, 0.5) is 0 Å². The third kappa shape index (κ3) is 2.69. The summed E-state index contributed by atoms with van der Waals surface area (Å²) in [6.07, 6.45) is 1.74. The van der Waals surface area contributed by atoms with Gasteiger partial charge in [0.15, 0.2) is 0 Å². The van der Waals surface area contributed by atoms with Gasteiger partial charge in [0.25, 0.3) is 5.91 Å². The first-order valence-corrected chi connectivity index (χ1v) is 8.64. The molecule has 0 saturated carbocycles. The highest BCUT2D eigenvalue weighted by Crippen LogP contribution is 2.27. The first-order valence-electron chi connectivity index (χ1n) is 8.27. The summed E-state index contributed by atoms with van der Waals surface area (Å²) in [7, 11) is 0. The SMILES string of the molecule is Cc1ccc2[nH]c3c(c2c1)CCN(C(=O)c1cccc(Cl)c1)CC3. The van der Waals surface area contributed by atoms with Crippen molar-refractivity contribution < 1.29 is 4.79 Å². The molecular weight excluding hydrogens is 320 g/mol. The highest BCUT2D eigenvalue weighted by atomic mass is 35.5. The number of aromatic nitrogens is 1.